The van der Waals surface area contributed by atoms with E-state index in [1.165, 1.54) is 57.8 Å². The fraction of sp³-hybridized carbons (Fsp3) is 0.632. The van der Waals surface area contributed by atoms with Crippen LogP contribution in [0.1, 0.15) is 258 Å². The van der Waals surface area contributed by atoms with Gasteiger partial charge in [-0.15, -0.1) is 0 Å². The molecule has 0 bridgehead atoms. The highest BCUT2D eigenvalue weighted by Gasteiger charge is 2.19. The summed E-state index contributed by atoms with van der Waals surface area (Å²) in [7, 11) is 0. The summed E-state index contributed by atoms with van der Waals surface area (Å²) in [6.07, 6.45) is 85.8. The molecule has 6 heteroatoms. The maximum absolute atomic E-state index is 12.9. The Hall–Kier alpha value is -4.45. The summed E-state index contributed by atoms with van der Waals surface area (Å²) in [5.41, 5.74) is 0. The highest BCUT2D eigenvalue weighted by atomic mass is 16.6. The van der Waals surface area contributed by atoms with Crippen molar-refractivity contribution in [1.82, 2.24) is 0 Å². The van der Waals surface area contributed by atoms with Crippen LogP contribution in [-0.4, -0.2) is 37.2 Å². The van der Waals surface area contributed by atoms with Gasteiger partial charge in [0.25, 0.3) is 0 Å². The Morgan fingerprint density at radius 2 is 0.581 bits per heavy atom. The van der Waals surface area contributed by atoms with Crippen molar-refractivity contribution in [3.63, 3.8) is 0 Å². The van der Waals surface area contributed by atoms with E-state index in [2.05, 4.69) is 154 Å². The van der Waals surface area contributed by atoms with Crippen LogP contribution in [0.4, 0.5) is 0 Å². The molecule has 0 radical (unpaired) electrons. The number of esters is 3. The molecule has 0 aliphatic heterocycles. The molecule has 0 saturated heterocycles. The van der Waals surface area contributed by atoms with E-state index in [-0.39, 0.29) is 31.1 Å². The van der Waals surface area contributed by atoms with Crippen LogP contribution < -0.4 is 0 Å². The number of ether oxygens (including phenoxy) is 3. The number of unbranched alkanes of at least 4 members (excludes halogenated alkanes) is 22. The van der Waals surface area contributed by atoms with Gasteiger partial charge >= 0.3 is 17.9 Å². The zero-order chi connectivity index (χ0) is 53.6. The first-order valence-electron chi connectivity index (χ1n) is 30.2. The standard InChI is InChI=1S/C68H110O6/c1-4-7-10-13-16-19-22-25-28-31-34-37-40-43-46-49-52-55-58-61-67(70)73-64-65(63-72-66(69)60-57-54-51-48-45-42-39-36-33-30-27-24-21-18-15-12-9-6-3)74-68(71)62-59-56-53-50-47-44-41-38-35-32-29-26-23-20-17-14-11-8-5-2/h7-8,10-11,16-17,19-20,24-30,33-39,65H,4-6,9,12-15,18,21-23,31-32,40-64H2,1-3H3/b10-7-,11-8-,19-16-,20-17-,27-24-,28-25-,29-26-,33-30-,37-34-,38-35-,39-36-. The maximum Gasteiger partial charge on any atom is 0.306 e. The number of rotatable bonds is 53. The van der Waals surface area contributed by atoms with Crippen molar-refractivity contribution >= 4 is 17.9 Å². The van der Waals surface area contributed by atoms with E-state index in [1.807, 2.05) is 0 Å². The summed E-state index contributed by atoms with van der Waals surface area (Å²) in [5, 5.41) is 0. The molecule has 1 unspecified atom stereocenters. The van der Waals surface area contributed by atoms with Crippen molar-refractivity contribution in [3.8, 4) is 0 Å². The minimum Gasteiger partial charge on any atom is -0.462 e. The molecule has 0 saturated carbocycles. The van der Waals surface area contributed by atoms with Crippen molar-refractivity contribution < 1.29 is 28.6 Å². The Labute approximate surface area is 455 Å². The van der Waals surface area contributed by atoms with Crippen molar-refractivity contribution in [1.29, 1.82) is 0 Å². The van der Waals surface area contributed by atoms with Gasteiger partial charge < -0.3 is 14.2 Å². The van der Waals surface area contributed by atoms with Crippen LogP contribution in [-0.2, 0) is 28.6 Å². The quantitative estimate of drug-likeness (QED) is 0.0199. The number of carbonyl (C=O) groups excluding carboxylic acids is 3. The van der Waals surface area contributed by atoms with Crippen molar-refractivity contribution in [2.24, 2.45) is 0 Å². The lowest BCUT2D eigenvalue weighted by Crippen LogP contribution is -2.30. The fourth-order valence-corrected chi connectivity index (χ4v) is 7.95. The van der Waals surface area contributed by atoms with E-state index >= 15 is 0 Å². The van der Waals surface area contributed by atoms with Gasteiger partial charge in [0.2, 0.25) is 0 Å². The number of hydrogen-bond acceptors (Lipinski definition) is 6. The first-order valence-corrected chi connectivity index (χ1v) is 30.2. The van der Waals surface area contributed by atoms with Crippen LogP contribution in [0.2, 0.25) is 0 Å². The molecule has 0 aliphatic rings. The maximum atomic E-state index is 12.9. The molecule has 0 aromatic carbocycles. The normalized spacial score (nSPS) is 13.1. The van der Waals surface area contributed by atoms with Gasteiger partial charge in [0, 0.05) is 19.3 Å². The largest absolute Gasteiger partial charge is 0.462 e. The van der Waals surface area contributed by atoms with Crippen LogP contribution >= 0.6 is 0 Å². The first kappa shape index (κ1) is 69.5. The molecule has 0 amide bonds. The molecule has 0 rings (SSSR count). The van der Waals surface area contributed by atoms with Gasteiger partial charge in [-0.3, -0.25) is 14.4 Å². The summed E-state index contributed by atoms with van der Waals surface area (Å²) in [4.78, 5) is 38.3. The molecule has 6 nitrogen and oxygen atoms in total. The molecule has 418 valence electrons. The lowest BCUT2D eigenvalue weighted by Gasteiger charge is -2.18. The molecular weight excluding hydrogens is 913 g/mol. The highest BCUT2D eigenvalue weighted by Crippen LogP contribution is 2.14. The van der Waals surface area contributed by atoms with Crippen LogP contribution in [0, 0.1) is 0 Å². The molecule has 0 heterocycles. The van der Waals surface area contributed by atoms with Crippen LogP contribution in [0.25, 0.3) is 0 Å². The van der Waals surface area contributed by atoms with Crippen LogP contribution in [0.5, 0.6) is 0 Å². The molecule has 0 N–H and O–H groups in total. The Morgan fingerprint density at radius 3 is 0.932 bits per heavy atom. The van der Waals surface area contributed by atoms with E-state index in [0.29, 0.717) is 19.3 Å². The minimum atomic E-state index is -0.807. The first-order chi connectivity index (χ1) is 36.5. The molecule has 0 aromatic heterocycles. The van der Waals surface area contributed by atoms with E-state index in [9.17, 15) is 14.4 Å². The van der Waals surface area contributed by atoms with Crippen molar-refractivity contribution in [2.75, 3.05) is 13.2 Å². The summed E-state index contributed by atoms with van der Waals surface area (Å²) in [6.45, 7) is 6.36. The molecule has 1 atom stereocenters. The Kier molecular flexibility index (Phi) is 57.4. The lowest BCUT2D eigenvalue weighted by molar-refractivity contribution is -0.167. The third-order valence-corrected chi connectivity index (χ3v) is 12.4. The molecule has 74 heavy (non-hydrogen) atoms. The van der Waals surface area contributed by atoms with Crippen molar-refractivity contribution in [3.05, 3.63) is 134 Å². The van der Waals surface area contributed by atoms with E-state index in [4.69, 9.17) is 14.2 Å². The van der Waals surface area contributed by atoms with Gasteiger partial charge in [-0.2, -0.15) is 0 Å². The second-order valence-electron chi connectivity index (χ2n) is 19.6. The Bertz CT molecular complexity index is 1600. The summed E-state index contributed by atoms with van der Waals surface area (Å²) >= 11 is 0. The van der Waals surface area contributed by atoms with Gasteiger partial charge in [0.1, 0.15) is 13.2 Å². The van der Waals surface area contributed by atoms with Gasteiger partial charge in [-0.1, -0.05) is 251 Å². The summed E-state index contributed by atoms with van der Waals surface area (Å²) in [6, 6.07) is 0. The van der Waals surface area contributed by atoms with E-state index < -0.39 is 6.10 Å². The zero-order valence-corrected chi connectivity index (χ0v) is 47.8. The molecule has 0 aliphatic carbocycles. The predicted octanol–water partition coefficient (Wildman–Crippen LogP) is 20.6. The second kappa shape index (κ2) is 61.1. The number of allylic oxidation sites excluding steroid dienone is 22. The predicted molar refractivity (Wildman–Crippen MR) is 320 cm³/mol. The van der Waals surface area contributed by atoms with Gasteiger partial charge in [0.05, 0.1) is 0 Å². The van der Waals surface area contributed by atoms with Gasteiger partial charge in [0.15, 0.2) is 6.10 Å². The Morgan fingerprint density at radius 1 is 0.297 bits per heavy atom. The molecule has 0 spiro atoms. The average Bonchev–Trinajstić information content (AvgIpc) is 3.40. The SMILES string of the molecule is CC/C=C\C/C=C\C/C=C\C/C=C\CCCCCCCCC(=O)OCC(COC(=O)CCCCCCC\C=C/C=C\C=C/CCCCCCC)OC(=O)CCCCCCCC/C=C\C/C=C\C/C=C\C/C=C\CC. The lowest BCUT2D eigenvalue weighted by atomic mass is 10.1. The topological polar surface area (TPSA) is 78.9 Å². The van der Waals surface area contributed by atoms with Crippen LogP contribution in [0.3, 0.4) is 0 Å². The molecule has 0 fully saturated rings. The third kappa shape index (κ3) is 58.4. The second-order valence-corrected chi connectivity index (χ2v) is 19.6. The Balaban J connectivity index is 4.51. The summed E-state index contributed by atoms with van der Waals surface area (Å²) in [5.74, 6) is -0.950. The molecular formula is C68H110O6. The highest BCUT2D eigenvalue weighted by molar-refractivity contribution is 5.71. The minimum absolute atomic E-state index is 0.103. The van der Waals surface area contributed by atoms with E-state index in [1.54, 1.807) is 0 Å². The van der Waals surface area contributed by atoms with Crippen molar-refractivity contribution in [2.45, 2.75) is 264 Å². The van der Waals surface area contributed by atoms with Gasteiger partial charge in [-0.05, 0) is 122 Å². The van der Waals surface area contributed by atoms with Crippen LogP contribution in [0.15, 0.2) is 134 Å². The zero-order valence-electron chi connectivity index (χ0n) is 47.8. The smallest absolute Gasteiger partial charge is 0.306 e. The van der Waals surface area contributed by atoms with E-state index in [0.717, 1.165) is 161 Å². The third-order valence-electron chi connectivity index (χ3n) is 12.4. The molecule has 0 aromatic rings. The number of hydrogen-bond donors (Lipinski definition) is 0. The average molecular weight is 1020 g/mol. The fourth-order valence-electron chi connectivity index (χ4n) is 7.95. The van der Waals surface area contributed by atoms with Gasteiger partial charge in [-0.25, -0.2) is 0 Å². The monoisotopic (exact) mass is 1020 g/mol. The number of carbonyl (C=O) groups is 3. The summed E-state index contributed by atoms with van der Waals surface area (Å²) < 4.78 is 16.9.